The number of ether oxygens (including phenoxy) is 1. The van der Waals surface area contributed by atoms with Crippen LogP contribution in [0.3, 0.4) is 0 Å². The lowest BCUT2D eigenvalue weighted by molar-refractivity contribution is 0.0600. The molecule has 4 rings (SSSR count). The Morgan fingerprint density at radius 2 is 1.85 bits per heavy atom. The van der Waals surface area contributed by atoms with Crippen LogP contribution >= 0.6 is 0 Å². The van der Waals surface area contributed by atoms with Crippen molar-refractivity contribution in [3.05, 3.63) is 71.7 Å². The smallest absolute Gasteiger partial charge is 0.338 e. The van der Waals surface area contributed by atoms with Gasteiger partial charge in [-0.25, -0.2) is 14.5 Å². The molecule has 6 nitrogen and oxygen atoms in total. The lowest BCUT2D eigenvalue weighted by Gasteiger charge is -2.08. The van der Waals surface area contributed by atoms with Gasteiger partial charge in [0.25, 0.3) is 0 Å². The van der Waals surface area contributed by atoms with Crippen molar-refractivity contribution in [1.29, 1.82) is 0 Å². The number of benzene rings is 1. The van der Waals surface area contributed by atoms with Crippen LogP contribution in [0.4, 0.5) is 0 Å². The molecule has 0 aliphatic heterocycles. The summed E-state index contributed by atoms with van der Waals surface area (Å²) in [6.07, 6.45) is 1.83. The molecular formula is C20H18N4O2. The van der Waals surface area contributed by atoms with Crippen LogP contribution in [0.1, 0.15) is 21.7 Å². The van der Waals surface area contributed by atoms with Crippen LogP contribution in [0.25, 0.3) is 22.7 Å². The topological polar surface area (TPSA) is 61.4 Å². The van der Waals surface area contributed by atoms with E-state index in [0.717, 1.165) is 28.5 Å². The number of aromatic nitrogens is 4. The Hall–Kier alpha value is -3.41. The number of pyridine rings is 1. The molecule has 0 saturated carbocycles. The molecule has 6 heteroatoms. The maximum atomic E-state index is 11.9. The molecule has 26 heavy (non-hydrogen) atoms. The quantitative estimate of drug-likeness (QED) is 0.532. The van der Waals surface area contributed by atoms with E-state index in [4.69, 9.17) is 9.72 Å². The van der Waals surface area contributed by atoms with E-state index in [-0.39, 0.29) is 5.97 Å². The predicted octanol–water partition coefficient (Wildman–Crippen LogP) is 3.59. The molecule has 0 unspecified atom stereocenters. The Balaban J connectivity index is 2.03. The van der Waals surface area contributed by atoms with E-state index in [1.807, 2.05) is 65.5 Å². The van der Waals surface area contributed by atoms with Crippen molar-refractivity contribution in [2.24, 2.45) is 0 Å². The fourth-order valence-electron chi connectivity index (χ4n) is 3.11. The van der Waals surface area contributed by atoms with Crippen LogP contribution in [0, 0.1) is 13.8 Å². The summed E-state index contributed by atoms with van der Waals surface area (Å²) < 4.78 is 8.64. The molecule has 0 spiro atoms. The van der Waals surface area contributed by atoms with E-state index < -0.39 is 0 Å². The maximum absolute atomic E-state index is 11.9. The van der Waals surface area contributed by atoms with Gasteiger partial charge in [0.15, 0.2) is 5.82 Å². The fourth-order valence-corrected chi connectivity index (χ4v) is 3.11. The summed E-state index contributed by atoms with van der Waals surface area (Å²) in [6.45, 7) is 3.97. The Morgan fingerprint density at radius 1 is 1.08 bits per heavy atom. The van der Waals surface area contributed by atoms with Crippen LogP contribution in [0.2, 0.25) is 0 Å². The highest BCUT2D eigenvalue weighted by molar-refractivity contribution is 5.90. The second-order valence-corrected chi connectivity index (χ2v) is 6.12. The zero-order valence-corrected chi connectivity index (χ0v) is 14.8. The van der Waals surface area contributed by atoms with Gasteiger partial charge in [0.05, 0.1) is 18.4 Å². The van der Waals surface area contributed by atoms with Crippen LogP contribution < -0.4 is 0 Å². The van der Waals surface area contributed by atoms with E-state index >= 15 is 0 Å². The summed E-state index contributed by atoms with van der Waals surface area (Å²) >= 11 is 0. The Labute approximate surface area is 150 Å². The molecule has 3 aromatic heterocycles. The van der Waals surface area contributed by atoms with Crippen LogP contribution in [0.5, 0.6) is 0 Å². The van der Waals surface area contributed by atoms with Crippen molar-refractivity contribution in [3.63, 3.8) is 0 Å². The first-order valence-corrected chi connectivity index (χ1v) is 8.28. The molecule has 3 heterocycles. The third-order valence-electron chi connectivity index (χ3n) is 4.28. The van der Waals surface area contributed by atoms with Crippen molar-refractivity contribution >= 4 is 11.6 Å². The molecule has 0 atom stereocenters. The molecule has 0 aliphatic rings. The number of imidazole rings is 1. The van der Waals surface area contributed by atoms with Gasteiger partial charge in [-0.1, -0.05) is 30.3 Å². The van der Waals surface area contributed by atoms with E-state index in [9.17, 15) is 4.79 Å². The minimum absolute atomic E-state index is 0.385. The van der Waals surface area contributed by atoms with E-state index in [2.05, 4.69) is 5.10 Å². The maximum Gasteiger partial charge on any atom is 0.338 e. The molecule has 0 saturated heterocycles. The van der Waals surface area contributed by atoms with Gasteiger partial charge in [0, 0.05) is 17.5 Å². The van der Waals surface area contributed by atoms with Crippen LogP contribution in [-0.4, -0.2) is 32.2 Å². The number of esters is 1. The molecule has 0 N–H and O–H groups in total. The van der Waals surface area contributed by atoms with Crippen molar-refractivity contribution in [2.45, 2.75) is 13.8 Å². The molecule has 4 aromatic rings. The number of rotatable bonds is 3. The summed E-state index contributed by atoms with van der Waals surface area (Å²) in [4.78, 5) is 16.7. The highest BCUT2D eigenvalue weighted by Gasteiger charge is 2.19. The van der Waals surface area contributed by atoms with Gasteiger partial charge in [-0.15, -0.1) is 0 Å². The monoisotopic (exact) mass is 346 g/mol. The SMILES string of the molecule is COC(=O)c1ccn2c(-n3nc(C)cc3C)c(-c3ccccc3)nc2c1. The van der Waals surface area contributed by atoms with E-state index in [0.29, 0.717) is 11.2 Å². The minimum atomic E-state index is -0.385. The lowest BCUT2D eigenvalue weighted by atomic mass is 10.1. The lowest BCUT2D eigenvalue weighted by Crippen LogP contribution is -2.06. The summed E-state index contributed by atoms with van der Waals surface area (Å²) in [7, 11) is 1.37. The fraction of sp³-hybridized carbons (Fsp3) is 0.150. The molecule has 130 valence electrons. The number of methoxy groups -OCH3 is 1. The third-order valence-corrected chi connectivity index (χ3v) is 4.28. The number of hydrogen-bond acceptors (Lipinski definition) is 4. The van der Waals surface area contributed by atoms with Crippen LogP contribution in [0.15, 0.2) is 54.7 Å². The van der Waals surface area contributed by atoms with E-state index in [1.54, 1.807) is 12.1 Å². The molecule has 0 fully saturated rings. The molecule has 0 aliphatic carbocycles. The average molecular weight is 346 g/mol. The summed E-state index contributed by atoms with van der Waals surface area (Å²) in [5, 5.41) is 4.63. The number of carbonyl (C=O) groups is 1. The largest absolute Gasteiger partial charge is 0.465 e. The van der Waals surface area contributed by atoms with Crippen molar-refractivity contribution in [1.82, 2.24) is 19.2 Å². The first kappa shape index (κ1) is 16.1. The van der Waals surface area contributed by atoms with Gasteiger partial charge in [0.1, 0.15) is 11.3 Å². The zero-order chi connectivity index (χ0) is 18.3. The van der Waals surface area contributed by atoms with Gasteiger partial charge in [-0.3, -0.25) is 4.40 Å². The van der Waals surface area contributed by atoms with Gasteiger partial charge in [-0.2, -0.15) is 5.10 Å². The van der Waals surface area contributed by atoms with Crippen LogP contribution in [-0.2, 0) is 4.74 Å². The first-order valence-electron chi connectivity index (χ1n) is 8.28. The summed E-state index contributed by atoms with van der Waals surface area (Å²) in [6, 6.07) is 15.4. The third kappa shape index (κ3) is 2.56. The standard InChI is InChI=1S/C20H18N4O2/c1-13-11-14(2)24(22-13)19-18(15-7-5-4-6-8-15)21-17-12-16(20(25)26-3)9-10-23(17)19/h4-12H,1-3H3. The first-order chi connectivity index (χ1) is 12.6. The number of hydrogen-bond donors (Lipinski definition) is 0. The van der Waals surface area contributed by atoms with Gasteiger partial charge >= 0.3 is 5.97 Å². The normalized spacial score (nSPS) is 11.0. The predicted molar refractivity (Wildman–Crippen MR) is 98.6 cm³/mol. The Bertz CT molecular complexity index is 1110. The van der Waals surface area contributed by atoms with Gasteiger partial charge < -0.3 is 4.74 Å². The molecule has 0 bridgehead atoms. The molecule has 0 amide bonds. The number of carbonyl (C=O) groups excluding carboxylic acids is 1. The number of aryl methyl sites for hydroxylation is 2. The van der Waals surface area contributed by atoms with E-state index in [1.165, 1.54) is 7.11 Å². The molecule has 0 radical (unpaired) electrons. The van der Waals surface area contributed by atoms with Gasteiger partial charge in [-0.05, 0) is 32.0 Å². The minimum Gasteiger partial charge on any atom is -0.465 e. The highest BCUT2D eigenvalue weighted by Crippen LogP contribution is 2.28. The second-order valence-electron chi connectivity index (χ2n) is 6.12. The number of fused-ring (bicyclic) bond motifs is 1. The average Bonchev–Trinajstić information content (AvgIpc) is 3.20. The number of nitrogens with zero attached hydrogens (tertiary/aromatic N) is 4. The highest BCUT2D eigenvalue weighted by atomic mass is 16.5. The molecule has 1 aromatic carbocycles. The van der Waals surface area contributed by atoms with Crippen molar-refractivity contribution in [2.75, 3.05) is 7.11 Å². The van der Waals surface area contributed by atoms with Crippen molar-refractivity contribution < 1.29 is 9.53 Å². The summed E-state index contributed by atoms with van der Waals surface area (Å²) in [5.41, 5.74) is 4.86. The zero-order valence-electron chi connectivity index (χ0n) is 14.8. The second kappa shape index (κ2) is 6.15. The molecular weight excluding hydrogens is 328 g/mol. The summed E-state index contributed by atoms with van der Waals surface area (Å²) in [5.74, 6) is 0.456. The van der Waals surface area contributed by atoms with Crippen molar-refractivity contribution in [3.8, 4) is 17.1 Å². The Morgan fingerprint density at radius 3 is 2.50 bits per heavy atom. The van der Waals surface area contributed by atoms with Gasteiger partial charge in [0.2, 0.25) is 0 Å². The Kier molecular flexibility index (Phi) is 3.80.